The number of hydrogen-bond donors (Lipinski definition) is 2. The quantitative estimate of drug-likeness (QED) is 0.749. The molecule has 0 aliphatic rings. The molecule has 0 amide bonds. The smallest absolute Gasteiger partial charge is 0.128 e. The summed E-state index contributed by atoms with van der Waals surface area (Å²) in [4.78, 5) is 0. The minimum Gasteiger partial charge on any atom is -0.392 e. The molecule has 1 rings (SSSR count). The SMILES string of the molecule is CC[C@@H](N)c1ccc(F)c(CO)c1. The van der Waals surface area contributed by atoms with E-state index >= 15 is 0 Å². The third-order valence-electron chi connectivity index (χ3n) is 2.11. The van der Waals surface area contributed by atoms with Gasteiger partial charge in [-0.15, -0.1) is 0 Å². The maximum Gasteiger partial charge on any atom is 0.128 e. The van der Waals surface area contributed by atoms with Crippen molar-refractivity contribution >= 4 is 0 Å². The van der Waals surface area contributed by atoms with Crippen LogP contribution < -0.4 is 5.73 Å². The summed E-state index contributed by atoms with van der Waals surface area (Å²) >= 11 is 0. The van der Waals surface area contributed by atoms with E-state index in [0.29, 0.717) is 5.56 Å². The van der Waals surface area contributed by atoms with Crippen molar-refractivity contribution in [3.8, 4) is 0 Å². The van der Waals surface area contributed by atoms with E-state index in [0.717, 1.165) is 12.0 Å². The van der Waals surface area contributed by atoms with Gasteiger partial charge in [-0.2, -0.15) is 0 Å². The fraction of sp³-hybridized carbons (Fsp3) is 0.400. The van der Waals surface area contributed by atoms with Crippen LogP contribution in [-0.4, -0.2) is 5.11 Å². The summed E-state index contributed by atoms with van der Waals surface area (Å²) in [7, 11) is 0. The Morgan fingerprint density at radius 2 is 2.23 bits per heavy atom. The number of rotatable bonds is 3. The number of nitrogens with two attached hydrogens (primary N) is 1. The summed E-state index contributed by atoms with van der Waals surface area (Å²) in [6.07, 6.45) is 0.802. The first-order valence-electron chi connectivity index (χ1n) is 4.33. The van der Waals surface area contributed by atoms with Crippen molar-refractivity contribution in [2.24, 2.45) is 5.73 Å². The predicted octanol–water partition coefficient (Wildman–Crippen LogP) is 1.73. The second-order valence-corrected chi connectivity index (χ2v) is 3.02. The Hall–Kier alpha value is -0.930. The van der Waals surface area contributed by atoms with Gasteiger partial charge >= 0.3 is 0 Å². The zero-order valence-electron chi connectivity index (χ0n) is 7.63. The molecule has 0 unspecified atom stereocenters. The predicted molar refractivity (Wildman–Crippen MR) is 49.5 cm³/mol. The number of benzene rings is 1. The molecule has 1 aromatic carbocycles. The molecule has 0 saturated carbocycles. The van der Waals surface area contributed by atoms with Crippen LogP contribution in [0.1, 0.15) is 30.5 Å². The van der Waals surface area contributed by atoms with Crippen LogP contribution in [0.25, 0.3) is 0 Å². The van der Waals surface area contributed by atoms with E-state index in [9.17, 15) is 4.39 Å². The maximum absolute atomic E-state index is 12.9. The lowest BCUT2D eigenvalue weighted by atomic mass is 10.0. The highest BCUT2D eigenvalue weighted by molar-refractivity contribution is 5.26. The topological polar surface area (TPSA) is 46.2 Å². The molecule has 0 bridgehead atoms. The van der Waals surface area contributed by atoms with Crippen molar-refractivity contribution in [1.82, 2.24) is 0 Å². The van der Waals surface area contributed by atoms with E-state index in [4.69, 9.17) is 10.8 Å². The van der Waals surface area contributed by atoms with Gasteiger partial charge in [0, 0.05) is 11.6 Å². The van der Waals surface area contributed by atoms with E-state index in [1.165, 1.54) is 6.07 Å². The van der Waals surface area contributed by atoms with Gasteiger partial charge in [0.15, 0.2) is 0 Å². The van der Waals surface area contributed by atoms with Crippen molar-refractivity contribution in [2.75, 3.05) is 0 Å². The van der Waals surface area contributed by atoms with Gasteiger partial charge < -0.3 is 10.8 Å². The Bertz CT molecular complexity index is 288. The van der Waals surface area contributed by atoms with Gasteiger partial charge in [-0.1, -0.05) is 13.0 Å². The molecular weight excluding hydrogens is 169 g/mol. The van der Waals surface area contributed by atoms with Crippen LogP contribution in [0.2, 0.25) is 0 Å². The summed E-state index contributed by atoms with van der Waals surface area (Å²) in [5, 5.41) is 8.82. The lowest BCUT2D eigenvalue weighted by molar-refractivity contribution is 0.275. The van der Waals surface area contributed by atoms with Gasteiger partial charge in [-0.05, 0) is 24.1 Å². The fourth-order valence-electron chi connectivity index (χ4n) is 1.18. The molecule has 13 heavy (non-hydrogen) atoms. The Kier molecular flexibility index (Phi) is 3.39. The standard InChI is InChI=1S/C10H14FNO/c1-2-10(12)7-3-4-9(11)8(5-7)6-13/h3-5,10,13H,2,6,12H2,1H3/t10-/m1/s1. The lowest BCUT2D eigenvalue weighted by Crippen LogP contribution is -2.09. The van der Waals surface area contributed by atoms with Crippen molar-refractivity contribution < 1.29 is 9.50 Å². The van der Waals surface area contributed by atoms with E-state index in [-0.39, 0.29) is 18.5 Å². The molecule has 0 aliphatic carbocycles. The Labute approximate surface area is 77.2 Å². The first-order chi connectivity index (χ1) is 6.19. The van der Waals surface area contributed by atoms with Crippen LogP contribution in [-0.2, 0) is 6.61 Å². The second-order valence-electron chi connectivity index (χ2n) is 3.02. The molecule has 0 aliphatic heterocycles. The molecule has 0 aromatic heterocycles. The molecular formula is C10H14FNO. The summed E-state index contributed by atoms with van der Waals surface area (Å²) in [5.41, 5.74) is 6.94. The van der Waals surface area contributed by atoms with Crippen LogP contribution in [0.15, 0.2) is 18.2 Å². The largest absolute Gasteiger partial charge is 0.392 e. The van der Waals surface area contributed by atoms with Gasteiger partial charge in [-0.3, -0.25) is 0 Å². The highest BCUT2D eigenvalue weighted by Crippen LogP contribution is 2.17. The molecule has 2 nitrogen and oxygen atoms in total. The van der Waals surface area contributed by atoms with Gasteiger partial charge in [0.2, 0.25) is 0 Å². The third kappa shape index (κ3) is 2.26. The summed E-state index contributed by atoms with van der Waals surface area (Å²) in [6.45, 7) is 1.68. The molecule has 1 aromatic rings. The summed E-state index contributed by atoms with van der Waals surface area (Å²) in [6, 6.07) is 4.54. The molecule has 3 heteroatoms. The summed E-state index contributed by atoms with van der Waals surface area (Å²) in [5.74, 6) is -0.380. The van der Waals surface area contributed by atoms with Crippen molar-refractivity contribution in [1.29, 1.82) is 0 Å². The van der Waals surface area contributed by atoms with E-state index in [2.05, 4.69) is 0 Å². The highest BCUT2D eigenvalue weighted by atomic mass is 19.1. The van der Waals surface area contributed by atoms with E-state index in [1.807, 2.05) is 6.92 Å². The van der Waals surface area contributed by atoms with Gasteiger partial charge in [-0.25, -0.2) is 4.39 Å². The zero-order chi connectivity index (χ0) is 9.84. The number of aliphatic hydroxyl groups is 1. The normalized spacial score (nSPS) is 12.9. The molecule has 3 N–H and O–H groups in total. The van der Waals surface area contributed by atoms with Crippen LogP contribution in [0.3, 0.4) is 0 Å². The van der Waals surface area contributed by atoms with Crippen LogP contribution >= 0.6 is 0 Å². The number of halogens is 1. The zero-order valence-corrected chi connectivity index (χ0v) is 7.63. The molecule has 72 valence electrons. The minimum absolute atomic E-state index is 0.0779. The third-order valence-corrected chi connectivity index (χ3v) is 2.11. The van der Waals surface area contributed by atoms with Crippen molar-refractivity contribution in [2.45, 2.75) is 26.0 Å². The van der Waals surface area contributed by atoms with Gasteiger partial charge in [0.25, 0.3) is 0 Å². The second kappa shape index (κ2) is 4.35. The first-order valence-corrected chi connectivity index (χ1v) is 4.33. The van der Waals surface area contributed by atoms with Crippen LogP contribution in [0.4, 0.5) is 4.39 Å². The first kappa shape index (κ1) is 10.2. The van der Waals surface area contributed by atoms with E-state index < -0.39 is 0 Å². The number of aliphatic hydroxyl groups excluding tert-OH is 1. The molecule has 0 spiro atoms. The fourth-order valence-corrected chi connectivity index (χ4v) is 1.18. The number of hydrogen-bond acceptors (Lipinski definition) is 2. The van der Waals surface area contributed by atoms with Gasteiger partial charge in [0.1, 0.15) is 5.82 Å². The molecule has 0 fully saturated rings. The molecule has 1 atom stereocenters. The van der Waals surface area contributed by atoms with Crippen LogP contribution in [0.5, 0.6) is 0 Å². The lowest BCUT2D eigenvalue weighted by Gasteiger charge is -2.10. The molecule has 0 radical (unpaired) electrons. The Morgan fingerprint density at radius 3 is 2.77 bits per heavy atom. The average Bonchev–Trinajstić information content (AvgIpc) is 2.17. The van der Waals surface area contributed by atoms with Crippen molar-refractivity contribution in [3.05, 3.63) is 35.1 Å². The van der Waals surface area contributed by atoms with Gasteiger partial charge in [0.05, 0.1) is 6.61 Å². The molecule has 0 heterocycles. The monoisotopic (exact) mass is 183 g/mol. The Morgan fingerprint density at radius 1 is 1.54 bits per heavy atom. The van der Waals surface area contributed by atoms with E-state index in [1.54, 1.807) is 12.1 Å². The highest BCUT2D eigenvalue weighted by Gasteiger charge is 2.06. The average molecular weight is 183 g/mol. The Balaban J connectivity index is 2.99. The van der Waals surface area contributed by atoms with Crippen LogP contribution in [0, 0.1) is 5.82 Å². The molecule has 0 saturated heterocycles. The summed E-state index contributed by atoms with van der Waals surface area (Å²) < 4.78 is 12.9. The minimum atomic E-state index is -0.380. The van der Waals surface area contributed by atoms with Crippen molar-refractivity contribution in [3.63, 3.8) is 0 Å². The maximum atomic E-state index is 12.9.